The predicted molar refractivity (Wildman–Crippen MR) is 123 cm³/mol. The van der Waals surface area contributed by atoms with Crippen molar-refractivity contribution >= 4 is 34.7 Å². The molecule has 3 aromatic carbocycles. The maximum atomic E-state index is 13.9. The number of phenols is 1. The average Bonchev–Trinajstić information content (AvgIpc) is 3.08. The van der Waals surface area contributed by atoms with E-state index in [1.807, 2.05) is 0 Å². The highest BCUT2D eigenvalue weighted by atomic mass is 19.1. The topological polar surface area (TPSA) is 115 Å². The Morgan fingerprint density at radius 3 is 2.58 bits per heavy atom. The number of para-hydroxylation sites is 1. The summed E-state index contributed by atoms with van der Waals surface area (Å²) in [6.07, 6.45) is 0. The van der Waals surface area contributed by atoms with Crippen molar-refractivity contribution in [3.05, 3.63) is 77.6 Å². The molecule has 0 saturated heterocycles. The molecule has 4 rings (SSSR count). The van der Waals surface area contributed by atoms with E-state index in [1.165, 1.54) is 18.2 Å². The van der Waals surface area contributed by atoms with Gasteiger partial charge in [-0.2, -0.15) is 15.2 Å². The number of anilines is 2. The Balaban J connectivity index is 1.61. The summed E-state index contributed by atoms with van der Waals surface area (Å²) in [6, 6.07) is 15.4. The van der Waals surface area contributed by atoms with Crippen LogP contribution in [-0.4, -0.2) is 33.5 Å². The number of aryl methyl sites for hydroxylation is 1. The predicted octanol–water partition coefficient (Wildman–Crippen LogP) is 4.40. The van der Waals surface area contributed by atoms with E-state index in [1.54, 1.807) is 56.3 Å². The summed E-state index contributed by atoms with van der Waals surface area (Å²) in [7, 11) is 0. The molecule has 0 aliphatic carbocycles. The third-order valence-corrected chi connectivity index (χ3v) is 5.13. The maximum Gasteiger partial charge on any atom is 0.335 e. The van der Waals surface area contributed by atoms with Crippen molar-refractivity contribution in [3.63, 3.8) is 0 Å². The lowest BCUT2D eigenvalue weighted by atomic mass is 10.0. The number of nitrogens with one attached hydrogen (secondary N) is 1. The molecule has 0 saturated carbocycles. The fraction of sp³-hybridized carbons (Fsp3) is 0.0833. The SMILES string of the molecule is CC1=NN(c2ccc(C)c(F)c2)C(=O)C1=NNc1cccc(-c2cccc(C(=O)O)c2)c1O. The third-order valence-electron chi connectivity index (χ3n) is 5.13. The molecule has 0 bridgehead atoms. The van der Waals surface area contributed by atoms with E-state index in [9.17, 15) is 24.2 Å². The summed E-state index contributed by atoms with van der Waals surface area (Å²) in [6.45, 7) is 3.21. The molecule has 0 aromatic heterocycles. The number of carboxylic acid groups (broad SMARTS) is 1. The van der Waals surface area contributed by atoms with Gasteiger partial charge in [0, 0.05) is 5.56 Å². The van der Waals surface area contributed by atoms with Crippen molar-refractivity contribution in [1.29, 1.82) is 0 Å². The normalized spacial score (nSPS) is 14.5. The third kappa shape index (κ3) is 4.16. The largest absolute Gasteiger partial charge is 0.505 e. The van der Waals surface area contributed by atoms with Crippen LogP contribution in [0.4, 0.5) is 15.8 Å². The van der Waals surface area contributed by atoms with Crippen LogP contribution < -0.4 is 10.4 Å². The van der Waals surface area contributed by atoms with Crippen LogP contribution >= 0.6 is 0 Å². The number of hydrogen-bond donors (Lipinski definition) is 3. The van der Waals surface area contributed by atoms with Crippen LogP contribution in [-0.2, 0) is 4.79 Å². The van der Waals surface area contributed by atoms with Crippen LogP contribution in [0.2, 0.25) is 0 Å². The Labute approximate surface area is 188 Å². The molecule has 3 aromatic rings. The Morgan fingerprint density at radius 1 is 1.09 bits per heavy atom. The van der Waals surface area contributed by atoms with Crippen LogP contribution in [0.25, 0.3) is 11.1 Å². The van der Waals surface area contributed by atoms with Gasteiger partial charge in [-0.1, -0.05) is 30.3 Å². The maximum absolute atomic E-state index is 13.9. The minimum Gasteiger partial charge on any atom is -0.505 e. The molecule has 8 nitrogen and oxygen atoms in total. The molecule has 166 valence electrons. The average molecular weight is 446 g/mol. The molecule has 3 N–H and O–H groups in total. The summed E-state index contributed by atoms with van der Waals surface area (Å²) in [5, 5.41) is 29.3. The van der Waals surface area contributed by atoms with E-state index in [4.69, 9.17) is 0 Å². The first-order valence-corrected chi connectivity index (χ1v) is 9.92. The van der Waals surface area contributed by atoms with Crippen molar-refractivity contribution in [2.45, 2.75) is 13.8 Å². The molecule has 0 radical (unpaired) electrons. The minimum atomic E-state index is -1.08. The zero-order valence-electron chi connectivity index (χ0n) is 17.7. The summed E-state index contributed by atoms with van der Waals surface area (Å²) < 4.78 is 13.9. The number of hydrazone groups is 2. The van der Waals surface area contributed by atoms with E-state index in [0.29, 0.717) is 22.4 Å². The van der Waals surface area contributed by atoms with Gasteiger partial charge in [0.2, 0.25) is 0 Å². The number of amides is 1. The second kappa shape index (κ2) is 8.54. The molecular formula is C24H19FN4O4. The lowest BCUT2D eigenvalue weighted by molar-refractivity contribution is -0.112. The number of hydrogen-bond acceptors (Lipinski definition) is 6. The Morgan fingerprint density at radius 2 is 1.85 bits per heavy atom. The number of rotatable bonds is 5. The van der Waals surface area contributed by atoms with Crippen molar-refractivity contribution < 1.29 is 24.2 Å². The fourth-order valence-corrected chi connectivity index (χ4v) is 3.32. The standard InChI is InChI=1S/C24H19FN4O4/c1-13-9-10-17(12-19(13)25)29-23(31)21(14(2)28-29)27-26-20-8-4-7-18(22(20)30)15-5-3-6-16(11-15)24(32)33/h3-12,26,30H,1-2H3,(H,32,33). The number of carboxylic acids is 1. The van der Waals surface area contributed by atoms with Crippen LogP contribution in [0.1, 0.15) is 22.8 Å². The monoisotopic (exact) mass is 446 g/mol. The molecule has 33 heavy (non-hydrogen) atoms. The van der Waals surface area contributed by atoms with Gasteiger partial charge in [-0.3, -0.25) is 10.2 Å². The van der Waals surface area contributed by atoms with Crippen molar-refractivity contribution in [2.75, 3.05) is 10.4 Å². The van der Waals surface area contributed by atoms with Gasteiger partial charge < -0.3 is 10.2 Å². The number of carbonyl (C=O) groups excluding carboxylic acids is 1. The van der Waals surface area contributed by atoms with Gasteiger partial charge in [0.15, 0.2) is 5.71 Å². The summed E-state index contributed by atoms with van der Waals surface area (Å²) in [5.74, 6) is -2.25. The summed E-state index contributed by atoms with van der Waals surface area (Å²) in [4.78, 5) is 24.1. The number of carbonyl (C=O) groups is 2. The van der Waals surface area contributed by atoms with E-state index in [0.717, 1.165) is 5.01 Å². The van der Waals surface area contributed by atoms with E-state index in [2.05, 4.69) is 15.6 Å². The molecule has 0 fully saturated rings. The van der Waals surface area contributed by atoms with Crippen molar-refractivity contribution in [3.8, 4) is 16.9 Å². The van der Waals surface area contributed by atoms with Gasteiger partial charge in [0.25, 0.3) is 0 Å². The highest BCUT2D eigenvalue weighted by Crippen LogP contribution is 2.36. The molecule has 1 aliphatic heterocycles. The molecular weight excluding hydrogens is 427 g/mol. The molecule has 1 amide bonds. The highest BCUT2D eigenvalue weighted by Gasteiger charge is 2.31. The van der Waals surface area contributed by atoms with Gasteiger partial charge in [0.1, 0.15) is 11.6 Å². The number of aromatic hydroxyl groups is 1. The first-order valence-electron chi connectivity index (χ1n) is 9.92. The molecule has 0 atom stereocenters. The van der Waals surface area contributed by atoms with Crippen LogP contribution in [0.3, 0.4) is 0 Å². The Bertz CT molecular complexity index is 1350. The van der Waals surface area contributed by atoms with Gasteiger partial charge >= 0.3 is 11.9 Å². The summed E-state index contributed by atoms with van der Waals surface area (Å²) in [5.41, 5.74) is 4.92. The Hall–Kier alpha value is -4.53. The lowest BCUT2D eigenvalue weighted by Crippen LogP contribution is -2.28. The molecule has 1 aliphatic rings. The number of aromatic carboxylic acids is 1. The number of nitrogens with zero attached hydrogens (tertiary/aromatic N) is 3. The smallest absolute Gasteiger partial charge is 0.335 e. The van der Waals surface area contributed by atoms with Crippen molar-refractivity contribution in [2.24, 2.45) is 10.2 Å². The van der Waals surface area contributed by atoms with Crippen LogP contribution in [0, 0.1) is 12.7 Å². The van der Waals surface area contributed by atoms with Gasteiger partial charge in [-0.15, -0.1) is 0 Å². The van der Waals surface area contributed by atoms with E-state index < -0.39 is 17.7 Å². The first-order chi connectivity index (χ1) is 15.8. The van der Waals surface area contributed by atoms with Gasteiger partial charge in [-0.25, -0.2) is 9.18 Å². The number of phenolic OH excluding ortho intramolecular Hbond substituents is 1. The fourth-order valence-electron chi connectivity index (χ4n) is 3.32. The lowest BCUT2D eigenvalue weighted by Gasteiger charge is -2.12. The van der Waals surface area contributed by atoms with Gasteiger partial charge in [-0.05, 0) is 55.3 Å². The second-order valence-corrected chi connectivity index (χ2v) is 7.40. The van der Waals surface area contributed by atoms with E-state index in [-0.39, 0.29) is 28.4 Å². The minimum absolute atomic E-state index is 0.00802. The van der Waals surface area contributed by atoms with Gasteiger partial charge in [0.05, 0.1) is 22.6 Å². The van der Waals surface area contributed by atoms with Crippen molar-refractivity contribution in [1.82, 2.24) is 0 Å². The van der Waals surface area contributed by atoms with E-state index >= 15 is 0 Å². The molecule has 1 heterocycles. The Kier molecular flexibility index (Phi) is 5.61. The van der Waals surface area contributed by atoms with Crippen LogP contribution in [0.5, 0.6) is 5.75 Å². The number of benzene rings is 3. The zero-order valence-corrected chi connectivity index (χ0v) is 17.7. The first kappa shape index (κ1) is 21.7. The molecule has 0 spiro atoms. The zero-order chi connectivity index (χ0) is 23.7. The van der Waals surface area contributed by atoms with Crippen LogP contribution in [0.15, 0.2) is 70.9 Å². The quantitative estimate of drug-likeness (QED) is 0.397. The highest BCUT2D eigenvalue weighted by molar-refractivity contribution is 6.71. The molecule has 0 unspecified atom stereocenters. The molecule has 9 heteroatoms. The second-order valence-electron chi connectivity index (χ2n) is 7.40. The summed E-state index contributed by atoms with van der Waals surface area (Å²) >= 11 is 0. The number of halogens is 1.